The topological polar surface area (TPSA) is 99.5 Å². The fourth-order valence-electron chi connectivity index (χ4n) is 3.75. The van der Waals surface area contributed by atoms with Crippen molar-refractivity contribution >= 4 is 40.6 Å². The number of nitrogens with zero attached hydrogens (tertiary/aromatic N) is 2. The van der Waals surface area contributed by atoms with Crippen molar-refractivity contribution < 1.29 is 19.1 Å². The molecule has 1 saturated heterocycles. The SMILES string of the molecule is Cc1cccc(C)c1NC(=O)CN1C(=O)SC(=Cc2ccccc2OCc2ccccc2C#N)C1=O. The van der Waals surface area contributed by atoms with Gasteiger partial charge >= 0.3 is 0 Å². The summed E-state index contributed by atoms with van der Waals surface area (Å²) in [5, 5.41) is 11.6. The summed E-state index contributed by atoms with van der Waals surface area (Å²) in [6.07, 6.45) is 1.58. The summed E-state index contributed by atoms with van der Waals surface area (Å²) in [5.74, 6) is -0.480. The van der Waals surface area contributed by atoms with Crippen molar-refractivity contribution in [3.63, 3.8) is 0 Å². The van der Waals surface area contributed by atoms with Crippen LogP contribution in [0, 0.1) is 25.2 Å². The summed E-state index contributed by atoms with van der Waals surface area (Å²) in [7, 11) is 0. The number of hydrogen-bond acceptors (Lipinski definition) is 6. The van der Waals surface area contributed by atoms with Crippen LogP contribution in [0.15, 0.2) is 71.6 Å². The molecule has 0 aliphatic carbocycles. The monoisotopic (exact) mass is 497 g/mol. The quantitative estimate of drug-likeness (QED) is 0.437. The molecule has 8 heteroatoms. The van der Waals surface area contributed by atoms with Crippen molar-refractivity contribution in [2.24, 2.45) is 0 Å². The standard InChI is InChI=1S/C28H23N3O4S/c1-18-8-7-9-19(2)26(18)30-25(32)16-31-27(33)24(36-28(31)34)14-20-10-5-6-13-23(20)35-17-22-12-4-3-11-21(22)15-29/h3-14H,16-17H2,1-2H3,(H,30,32). The predicted octanol–water partition coefficient (Wildman–Crippen LogP) is 5.43. The number of nitriles is 1. The molecule has 3 aromatic carbocycles. The number of anilines is 1. The minimum absolute atomic E-state index is 0.175. The molecule has 4 rings (SSSR count). The second-order valence-corrected chi connectivity index (χ2v) is 9.17. The van der Waals surface area contributed by atoms with Crippen molar-refractivity contribution in [1.82, 2.24) is 4.90 Å². The van der Waals surface area contributed by atoms with Gasteiger partial charge in [0.1, 0.15) is 18.9 Å². The first-order valence-corrected chi connectivity index (χ1v) is 12.0. The van der Waals surface area contributed by atoms with Crippen LogP contribution in [0.5, 0.6) is 5.75 Å². The van der Waals surface area contributed by atoms with E-state index in [1.54, 1.807) is 42.5 Å². The molecule has 1 aliphatic rings. The number of carbonyl (C=O) groups is 3. The van der Waals surface area contributed by atoms with E-state index in [4.69, 9.17) is 4.74 Å². The number of ether oxygens (including phenoxy) is 1. The van der Waals surface area contributed by atoms with Crippen LogP contribution in [0.3, 0.4) is 0 Å². The van der Waals surface area contributed by atoms with Gasteiger partial charge in [-0.25, -0.2) is 0 Å². The average molecular weight is 498 g/mol. The average Bonchev–Trinajstić information content (AvgIpc) is 3.13. The summed E-state index contributed by atoms with van der Waals surface area (Å²) < 4.78 is 5.94. The number of nitrogens with one attached hydrogen (secondary N) is 1. The predicted molar refractivity (Wildman–Crippen MR) is 139 cm³/mol. The lowest BCUT2D eigenvalue weighted by Gasteiger charge is -2.15. The number of rotatable bonds is 7. The zero-order chi connectivity index (χ0) is 25.7. The lowest BCUT2D eigenvalue weighted by molar-refractivity contribution is -0.127. The minimum atomic E-state index is -0.536. The second kappa shape index (κ2) is 10.9. The lowest BCUT2D eigenvalue weighted by atomic mass is 10.1. The van der Waals surface area contributed by atoms with E-state index in [2.05, 4.69) is 11.4 Å². The van der Waals surface area contributed by atoms with Gasteiger partial charge in [-0.2, -0.15) is 5.26 Å². The number of hydrogen-bond donors (Lipinski definition) is 1. The number of aryl methyl sites for hydroxylation is 2. The maximum atomic E-state index is 13.0. The van der Waals surface area contributed by atoms with Crippen LogP contribution in [-0.4, -0.2) is 28.5 Å². The molecule has 0 atom stereocenters. The highest BCUT2D eigenvalue weighted by Crippen LogP contribution is 2.34. The van der Waals surface area contributed by atoms with Gasteiger partial charge in [-0.1, -0.05) is 54.6 Å². The van der Waals surface area contributed by atoms with E-state index < -0.39 is 17.1 Å². The number of para-hydroxylation sites is 2. The molecule has 0 saturated carbocycles. The van der Waals surface area contributed by atoms with Crippen LogP contribution in [0.2, 0.25) is 0 Å². The van der Waals surface area contributed by atoms with Gasteiger partial charge in [0.15, 0.2) is 0 Å². The Hall–Kier alpha value is -4.35. The largest absolute Gasteiger partial charge is 0.488 e. The van der Waals surface area contributed by atoms with E-state index in [1.807, 2.05) is 44.2 Å². The van der Waals surface area contributed by atoms with Crippen molar-refractivity contribution in [3.05, 3.63) is 99.5 Å². The van der Waals surface area contributed by atoms with E-state index in [9.17, 15) is 19.6 Å². The zero-order valence-corrected chi connectivity index (χ0v) is 20.6. The molecule has 1 heterocycles. The van der Waals surface area contributed by atoms with Crippen LogP contribution < -0.4 is 10.1 Å². The minimum Gasteiger partial charge on any atom is -0.488 e. The molecular weight excluding hydrogens is 474 g/mol. The molecule has 0 aromatic heterocycles. The number of imide groups is 1. The molecule has 0 radical (unpaired) electrons. The number of thioether (sulfide) groups is 1. The summed E-state index contributed by atoms with van der Waals surface area (Å²) >= 11 is 0.780. The fraction of sp³-hybridized carbons (Fsp3) is 0.143. The Morgan fingerprint density at radius 1 is 1.03 bits per heavy atom. The number of carbonyl (C=O) groups excluding carboxylic acids is 3. The molecule has 1 N–H and O–H groups in total. The summed E-state index contributed by atoms with van der Waals surface area (Å²) in [6.45, 7) is 3.56. The molecule has 1 fully saturated rings. The highest BCUT2D eigenvalue weighted by Gasteiger charge is 2.36. The van der Waals surface area contributed by atoms with E-state index in [0.717, 1.165) is 33.4 Å². The van der Waals surface area contributed by atoms with Crippen molar-refractivity contribution in [1.29, 1.82) is 5.26 Å². The van der Waals surface area contributed by atoms with Crippen molar-refractivity contribution in [3.8, 4) is 11.8 Å². The first-order chi connectivity index (χ1) is 17.4. The van der Waals surface area contributed by atoms with Crippen LogP contribution >= 0.6 is 11.8 Å². The molecule has 1 aliphatic heterocycles. The number of benzene rings is 3. The Kier molecular flexibility index (Phi) is 7.52. The third-order valence-corrected chi connectivity index (χ3v) is 6.55. The van der Waals surface area contributed by atoms with Gasteiger partial charge in [-0.15, -0.1) is 0 Å². The maximum Gasteiger partial charge on any atom is 0.294 e. The normalized spacial score (nSPS) is 14.1. The second-order valence-electron chi connectivity index (χ2n) is 8.18. The molecular formula is C28H23N3O4S. The zero-order valence-electron chi connectivity index (χ0n) is 19.8. The van der Waals surface area contributed by atoms with Gasteiger partial charge < -0.3 is 10.1 Å². The van der Waals surface area contributed by atoms with Gasteiger partial charge in [0, 0.05) is 16.8 Å². The van der Waals surface area contributed by atoms with E-state index >= 15 is 0 Å². The summed E-state index contributed by atoms with van der Waals surface area (Å²) in [6, 6.07) is 22.1. The third kappa shape index (κ3) is 5.48. The Morgan fingerprint density at radius 3 is 2.47 bits per heavy atom. The molecule has 36 heavy (non-hydrogen) atoms. The van der Waals surface area contributed by atoms with E-state index in [0.29, 0.717) is 22.6 Å². The third-order valence-electron chi connectivity index (χ3n) is 5.65. The molecule has 7 nitrogen and oxygen atoms in total. The first-order valence-electron chi connectivity index (χ1n) is 11.2. The summed E-state index contributed by atoms with van der Waals surface area (Å²) in [5.41, 5.74) is 4.34. The first kappa shape index (κ1) is 24.8. The van der Waals surface area contributed by atoms with Gasteiger partial charge in [0.2, 0.25) is 5.91 Å². The van der Waals surface area contributed by atoms with Gasteiger partial charge in [0.25, 0.3) is 11.1 Å². The van der Waals surface area contributed by atoms with Crippen molar-refractivity contribution in [2.75, 3.05) is 11.9 Å². The molecule has 0 bridgehead atoms. The highest BCUT2D eigenvalue weighted by atomic mass is 32.2. The Labute approximate surface area is 213 Å². The molecule has 3 aromatic rings. The maximum absolute atomic E-state index is 13.0. The Balaban J connectivity index is 1.48. The van der Waals surface area contributed by atoms with Crippen LogP contribution in [-0.2, 0) is 16.2 Å². The van der Waals surface area contributed by atoms with Crippen LogP contribution in [0.1, 0.15) is 27.8 Å². The molecule has 0 spiro atoms. The summed E-state index contributed by atoms with van der Waals surface area (Å²) in [4.78, 5) is 39.3. The smallest absolute Gasteiger partial charge is 0.294 e. The molecule has 180 valence electrons. The van der Waals surface area contributed by atoms with Gasteiger partial charge in [-0.3, -0.25) is 19.3 Å². The van der Waals surface area contributed by atoms with E-state index in [-0.39, 0.29) is 18.1 Å². The highest BCUT2D eigenvalue weighted by molar-refractivity contribution is 8.18. The van der Waals surface area contributed by atoms with E-state index in [1.165, 1.54) is 0 Å². The Bertz CT molecular complexity index is 1400. The van der Waals surface area contributed by atoms with Crippen LogP contribution in [0.25, 0.3) is 6.08 Å². The number of amides is 3. The van der Waals surface area contributed by atoms with Crippen LogP contribution in [0.4, 0.5) is 10.5 Å². The Morgan fingerprint density at radius 2 is 1.72 bits per heavy atom. The van der Waals surface area contributed by atoms with Gasteiger partial charge in [-0.05, 0) is 54.9 Å². The lowest BCUT2D eigenvalue weighted by Crippen LogP contribution is -2.36. The molecule has 0 unspecified atom stereocenters. The van der Waals surface area contributed by atoms with Gasteiger partial charge in [0.05, 0.1) is 16.5 Å². The molecule has 3 amide bonds. The fourth-order valence-corrected chi connectivity index (χ4v) is 4.58. The van der Waals surface area contributed by atoms with Crippen molar-refractivity contribution in [2.45, 2.75) is 20.5 Å².